The van der Waals surface area contributed by atoms with Gasteiger partial charge in [0.1, 0.15) is 0 Å². The Balaban J connectivity index is 1.66. The molecular formula is C24H29ClN2O3S. The normalized spacial score (nSPS) is 14.3. The first-order valence-corrected chi connectivity index (χ1v) is 12.5. The van der Waals surface area contributed by atoms with Crippen molar-refractivity contribution in [1.29, 1.82) is 0 Å². The molecule has 2 aromatic rings. The maximum atomic E-state index is 13.2. The zero-order valence-corrected chi connectivity index (χ0v) is 19.2. The quantitative estimate of drug-likeness (QED) is 0.528. The Morgan fingerprint density at radius 1 is 1.00 bits per heavy atom. The molecule has 0 atom stereocenters. The summed E-state index contributed by atoms with van der Waals surface area (Å²) in [7, 11) is -3.83. The molecular weight excluding hydrogens is 432 g/mol. The molecule has 0 bridgehead atoms. The molecule has 2 aromatic carbocycles. The smallest absolute Gasteiger partial charge is 0.243 e. The Hall–Kier alpha value is -2.15. The predicted octanol–water partition coefficient (Wildman–Crippen LogP) is 4.58. The van der Waals surface area contributed by atoms with Gasteiger partial charge in [-0.05, 0) is 68.4 Å². The van der Waals surface area contributed by atoms with Crippen LogP contribution in [0.5, 0.6) is 0 Å². The molecule has 0 saturated heterocycles. The van der Waals surface area contributed by atoms with Gasteiger partial charge in [-0.2, -0.15) is 4.31 Å². The van der Waals surface area contributed by atoms with Crippen molar-refractivity contribution < 1.29 is 13.2 Å². The highest BCUT2D eigenvalue weighted by Crippen LogP contribution is 2.20. The fraction of sp³-hybridized carbons (Fsp3) is 0.375. The Kier molecular flexibility index (Phi) is 8.69. The van der Waals surface area contributed by atoms with Crippen LogP contribution in [0.1, 0.15) is 37.7 Å². The van der Waals surface area contributed by atoms with Crippen molar-refractivity contribution in [2.45, 2.75) is 43.4 Å². The monoisotopic (exact) mass is 460 g/mol. The number of nitrogens with zero attached hydrogens (tertiary/aromatic N) is 1. The summed E-state index contributed by atoms with van der Waals surface area (Å²) in [6.45, 7) is 0.530. The molecule has 1 amide bonds. The van der Waals surface area contributed by atoms with Gasteiger partial charge in [-0.3, -0.25) is 4.79 Å². The van der Waals surface area contributed by atoms with Crippen LogP contribution in [0.4, 0.5) is 0 Å². The number of allylic oxidation sites excluding steroid dienone is 1. The number of carbonyl (C=O) groups excluding carboxylic acids is 1. The molecule has 0 aliphatic heterocycles. The average molecular weight is 461 g/mol. The summed E-state index contributed by atoms with van der Waals surface area (Å²) in [5, 5.41) is 3.35. The van der Waals surface area contributed by atoms with Gasteiger partial charge < -0.3 is 5.32 Å². The van der Waals surface area contributed by atoms with Gasteiger partial charge in [0.2, 0.25) is 15.9 Å². The number of benzene rings is 2. The van der Waals surface area contributed by atoms with E-state index >= 15 is 0 Å². The Bertz CT molecular complexity index is 989. The maximum Gasteiger partial charge on any atom is 0.243 e. The average Bonchev–Trinajstić information content (AvgIpc) is 2.78. The number of amides is 1. The van der Waals surface area contributed by atoms with Gasteiger partial charge in [-0.15, -0.1) is 0 Å². The minimum Gasteiger partial charge on any atom is -0.355 e. The van der Waals surface area contributed by atoms with E-state index in [1.54, 1.807) is 12.1 Å². The first-order valence-electron chi connectivity index (χ1n) is 10.7. The van der Waals surface area contributed by atoms with Gasteiger partial charge in [0.25, 0.3) is 0 Å². The van der Waals surface area contributed by atoms with Crippen LogP contribution in [0, 0.1) is 0 Å². The number of carbonyl (C=O) groups is 1. The maximum absolute atomic E-state index is 13.2. The minimum absolute atomic E-state index is 0.130. The van der Waals surface area contributed by atoms with Crippen LogP contribution in [-0.2, 0) is 21.2 Å². The molecule has 7 heteroatoms. The Labute approximate surface area is 190 Å². The topological polar surface area (TPSA) is 66.5 Å². The van der Waals surface area contributed by atoms with Crippen LogP contribution < -0.4 is 5.32 Å². The highest BCUT2D eigenvalue weighted by molar-refractivity contribution is 7.89. The lowest BCUT2D eigenvalue weighted by Gasteiger charge is -2.22. The van der Waals surface area contributed by atoms with Gasteiger partial charge in [0.05, 0.1) is 11.4 Å². The minimum atomic E-state index is -3.83. The third kappa shape index (κ3) is 7.20. The summed E-state index contributed by atoms with van der Waals surface area (Å²) in [4.78, 5) is 12.7. The van der Waals surface area contributed by atoms with Crippen molar-refractivity contribution in [2.24, 2.45) is 0 Å². The lowest BCUT2D eigenvalue weighted by Crippen LogP contribution is -2.42. The molecule has 1 aliphatic rings. The predicted molar refractivity (Wildman–Crippen MR) is 125 cm³/mol. The largest absolute Gasteiger partial charge is 0.355 e. The van der Waals surface area contributed by atoms with Crippen molar-refractivity contribution in [2.75, 3.05) is 19.6 Å². The summed E-state index contributed by atoms with van der Waals surface area (Å²) in [5.74, 6) is -0.290. The molecule has 0 aromatic heterocycles. The van der Waals surface area contributed by atoms with Gasteiger partial charge in [-0.1, -0.05) is 53.6 Å². The van der Waals surface area contributed by atoms with E-state index in [1.807, 2.05) is 30.3 Å². The van der Waals surface area contributed by atoms with E-state index in [1.165, 1.54) is 34.9 Å². The number of nitrogens with one attached hydrogen (secondary N) is 1. The van der Waals surface area contributed by atoms with Crippen molar-refractivity contribution in [3.63, 3.8) is 0 Å². The van der Waals surface area contributed by atoms with E-state index in [-0.39, 0.29) is 23.9 Å². The van der Waals surface area contributed by atoms with Crippen LogP contribution in [0.15, 0.2) is 71.1 Å². The van der Waals surface area contributed by atoms with Gasteiger partial charge in [0, 0.05) is 18.1 Å². The third-order valence-corrected chi connectivity index (χ3v) is 7.53. The molecule has 0 fully saturated rings. The summed E-state index contributed by atoms with van der Waals surface area (Å²) < 4.78 is 27.7. The molecule has 0 heterocycles. The number of rotatable bonds is 10. The van der Waals surface area contributed by atoms with Crippen LogP contribution in [0.25, 0.3) is 0 Å². The molecule has 5 nitrogen and oxygen atoms in total. The SMILES string of the molecule is O=C(CN(CCc1ccccc1)S(=O)(=O)c1ccc(Cl)cc1)NCCC1=CCCCC1. The number of hydrogen-bond acceptors (Lipinski definition) is 3. The van der Waals surface area contributed by atoms with Gasteiger partial charge in [-0.25, -0.2) is 8.42 Å². The standard InChI is InChI=1S/C24H29ClN2O3S/c25-22-11-13-23(14-12-22)31(29,30)27(18-16-21-9-5-2-6-10-21)19-24(28)26-17-15-20-7-3-1-4-8-20/h2,5-7,9-14H,1,3-4,8,15-19H2,(H,26,28). The van der Waals surface area contributed by atoms with Crippen molar-refractivity contribution >= 4 is 27.5 Å². The number of hydrogen-bond donors (Lipinski definition) is 1. The summed E-state index contributed by atoms with van der Waals surface area (Å²) in [6, 6.07) is 15.7. The molecule has 0 radical (unpaired) electrons. The first kappa shape index (κ1) is 23.5. The highest BCUT2D eigenvalue weighted by Gasteiger charge is 2.26. The van der Waals surface area contributed by atoms with Crippen molar-refractivity contribution in [3.05, 3.63) is 76.8 Å². The molecule has 3 rings (SSSR count). The fourth-order valence-corrected chi connectivity index (χ4v) is 5.17. The Morgan fingerprint density at radius 2 is 1.74 bits per heavy atom. The van der Waals surface area contributed by atoms with E-state index in [2.05, 4.69) is 11.4 Å². The van der Waals surface area contributed by atoms with Gasteiger partial charge >= 0.3 is 0 Å². The first-order chi connectivity index (χ1) is 14.9. The molecule has 0 spiro atoms. The molecule has 1 N–H and O–H groups in total. The van der Waals surface area contributed by atoms with Crippen LogP contribution >= 0.6 is 11.6 Å². The summed E-state index contributed by atoms with van der Waals surface area (Å²) in [5.41, 5.74) is 2.39. The second-order valence-electron chi connectivity index (χ2n) is 7.74. The molecule has 1 aliphatic carbocycles. The van der Waals surface area contributed by atoms with E-state index in [0.717, 1.165) is 24.8 Å². The van der Waals surface area contributed by atoms with E-state index in [9.17, 15) is 13.2 Å². The molecule has 31 heavy (non-hydrogen) atoms. The second kappa shape index (κ2) is 11.5. The molecule has 0 saturated carbocycles. The van der Waals surface area contributed by atoms with Crippen LogP contribution in [0.3, 0.4) is 0 Å². The lowest BCUT2D eigenvalue weighted by molar-refractivity contribution is -0.121. The fourth-order valence-electron chi connectivity index (χ4n) is 3.65. The van der Waals surface area contributed by atoms with Crippen molar-refractivity contribution in [3.8, 4) is 0 Å². The summed E-state index contributed by atoms with van der Waals surface area (Å²) >= 11 is 5.91. The zero-order valence-electron chi connectivity index (χ0n) is 17.6. The van der Waals surface area contributed by atoms with Gasteiger partial charge in [0.15, 0.2) is 0 Å². The zero-order chi connectivity index (χ0) is 22.1. The highest BCUT2D eigenvalue weighted by atomic mass is 35.5. The second-order valence-corrected chi connectivity index (χ2v) is 10.1. The lowest BCUT2D eigenvalue weighted by atomic mass is 9.97. The van der Waals surface area contributed by atoms with Crippen LogP contribution in [0.2, 0.25) is 5.02 Å². The molecule has 0 unspecified atom stereocenters. The van der Waals surface area contributed by atoms with Crippen LogP contribution in [-0.4, -0.2) is 38.3 Å². The van der Waals surface area contributed by atoms with Crippen molar-refractivity contribution in [1.82, 2.24) is 9.62 Å². The van der Waals surface area contributed by atoms with E-state index in [0.29, 0.717) is 18.0 Å². The summed E-state index contributed by atoms with van der Waals surface area (Å²) in [6.07, 6.45) is 8.22. The third-order valence-electron chi connectivity index (χ3n) is 5.42. The molecule has 166 valence electrons. The van der Waals surface area contributed by atoms with E-state index < -0.39 is 10.0 Å². The van der Waals surface area contributed by atoms with E-state index in [4.69, 9.17) is 11.6 Å². The number of sulfonamides is 1. The Morgan fingerprint density at radius 3 is 2.42 bits per heavy atom. The number of halogens is 1.